The smallest absolute Gasteiger partial charge is 0.325 e. The Balaban J connectivity index is 2.54. The predicted octanol–water partition coefficient (Wildman–Crippen LogP) is -0.149. The molecule has 6 heteroatoms. The first-order chi connectivity index (χ1) is 8.40. The van der Waals surface area contributed by atoms with Gasteiger partial charge >= 0.3 is 5.97 Å². The van der Waals surface area contributed by atoms with Gasteiger partial charge in [0.05, 0.1) is 6.04 Å². The van der Waals surface area contributed by atoms with Gasteiger partial charge in [0.25, 0.3) is 0 Å². The number of hydrogen-bond acceptors (Lipinski definition) is 4. The Bertz CT molecular complexity index is 430. The lowest BCUT2D eigenvalue weighted by Gasteiger charge is -2.14. The lowest BCUT2D eigenvalue weighted by atomic mass is 10.1. The molecular weight excluding hydrogens is 236 g/mol. The van der Waals surface area contributed by atoms with E-state index in [1.807, 2.05) is 0 Å². The molecule has 0 saturated heterocycles. The highest BCUT2D eigenvalue weighted by atomic mass is 16.4. The number of carboxylic acid groups (broad SMARTS) is 1. The number of benzene rings is 1. The Morgan fingerprint density at radius 2 is 1.89 bits per heavy atom. The van der Waals surface area contributed by atoms with Crippen LogP contribution in [0.25, 0.3) is 0 Å². The van der Waals surface area contributed by atoms with Crippen molar-refractivity contribution in [3.8, 4) is 5.75 Å². The SMILES string of the molecule is C[C@@H](NC(=O)[C@@H](N)Cc1ccc(O)cc1)C(=O)O. The number of nitrogens with one attached hydrogen (secondary N) is 1. The standard InChI is InChI=1S/C12H16N2O4/c1-7(12(17)18)14-11(16)10(13)6-8-2-4-9(15)5-3-8/h2-5,7,10,15H,6,13H2,1H3,(H,14,16)(H,17,18)/t7-,10+/m1/s1. The molecule has 0 aromatic heterocycles. The van der Waals surface area contributed by atoms with Crippen LogP contribution in [-0.4, -0.2) is 34.2 Å². The van der Waals surface area contributed by atoms with E-state index < -0.39 is 24.0 Å². The first kappa shape index (κ1) is 14.0. The number of rotatable bonds is 5. The summed E-state index contributed by atoms with van der Waals surface area (Å²) in [4.78, 5) is 22.2. The fraction of sp³-hybridized carbons (Fsp3) is 0.333. The largest absolute Gasteiger partial charge is 0.508 e. The number of nitrogens with two attached hydrogens (primary N) is 1. The third-order valence-electron chi connectivity index (χ3n) is 2.46. The monoisotopic (exact) mass is 252 g/mol. The first-order valence-corrected chi connectivity index (χ1v) is 5.47. The van der Waals surface area contributed by atoms with Crippen LogP contribution in [0.2, 0.25) is 0 Å². The Morgan fingerprint density at radius 3 is 2.39 bits per heavy atom. The molecule has 0 aliphatic rings. The molecule has 0 spiro atoms. The van der Waals surface area contributed by atoms with Gasteiger partial charge in [-0.05, 0) is 31.0 Å². The number of carbonyl (C=O) groups is 2. The summed E-state index contributed by atoms with van der Waals surface area (Å²) >= 11 is 0. The van der Waals surface area contributed by atoms with Gasteiger partial charge in [-0.2, -0.15) is 0 Å². The molecule has 0 aliphatic carbocycles. The minimum absolute atomic E-state index is 0.135. The van der Waals surface area contributed by atoms with Crippen LogP contribution in [0.5, 0.6) is 5.75 Å². The minimum Gasteiger partial charge on any atom is -0.508 e. The van der Waals surface area contributed by atoms with Crippen molar-refractivity contribution in [2.24, 2.45) is 5.73 Å². The van der Waals surface area contributed by atoms with Crippen molar-refractivity contribution in [1.29, 1.82) is 0 Å². The molecule has 0 bridgehead atoms. The van der Waals surface area contributed by atoms with Crippen LogP contribution in [0.15, 0.2) is 24.3 Å². The van der Waals surface area contributed by atoms with Crippen LogP contribution >= 0.6 is 0 Å². The molecule has 6 nitrogen and oxygen atoms in total. The number of amides is 1. The van der Waals surface area contributed by atoms with E-state index >= 15 is 0 Å². The number of carboxylic acids is 1. The molecule has 1 aromatic carbocycles. The van der Waals surface area contributed by atoms with E-state index in [-0.39, 0.29) is 12.2 Å². The maximum atomic E-state index is 11.6. The van der Waals surface area contributed by atoms with Crippen LogP contribution in [0, 0.1) is 0 Å². The fourth-order valence-corrected chi connectivity index (χ4v) is 1.36. The summed E-state index contributed by atoms with van der Waals surface area (Å²) in [6.07, 6.45) is 0.276. The van der Waals surface area contributed by atoms with Crippen molar-refractivity contribution in [2.75, 3.05) is 0 Å². The van der Waals surface area contributed by atoms with E-state index in [9.17, 15) is 9.59 Å². The van der Waals surface area contributed by atoms with Crippen LogP contribution in [-0.2, 0) is 16.0 Å². The van der Waals surface area contributed by atoms with Gasteiger partial charge in [0.1, 0.15) is 11.8 Å². The molecule has 0 unspecified atom stereocenters. The van der Waals surface area contributed by atoms with E-state index in [0.717, 1.165) is 5.56 Å². The van der Waals surface area contributed by atoms with Crippen LogP contribution in [0.1, 0.15) is 12.5 Å². The molecule has 0 saturated carbocycles. The summed E-state index contributed by atoms with van der Waals surface area (Å²) in [6.45, 7) is 1.37. The molecule has 1 rings (SSSR count). The number of hydrogen-bond donors (Lipinski definition) is 4. The van der Waals surface area contributed by atoms with Gasteiger partial charge in [0.2, 0.25) is 5.91 Å². The summed E-state index contributed by atoms with van der Waals surface area (Å²) < 4.78 is 0. The normalized spacial score (nSPS) is 13.7. The van der Waals surface area contributed by atoms with E-state index in [1.165, 1.54) is 19.1 Å². The summed E-state index contributed by atoms with van der Waals surface area (Å²) in [7, 11) is 0. The zero-order chi connectivity index (χ0) is 13.7. The first-order valence-electron chi connectivity index (χ1n) is 5.47. The molecule has 2 atom stereocenters. The number of aliphatic carboxylic acids is 1. The van der Waals surface area contributed by atoms with E-state index in [1.54, 1.807) is 12.1 Å². The van der Waals surface area contributed by atoms with Gasteiger partial charge in [0, 0.05) is 0 Å². The van der Waals surface area contributed by atoms with Gasteiger partial charge in [0.15, 0.2) is 0 Å². The van der Waals surface area contributed by atoms with Crippen molar-refractivity contribution >= 4 is 11.9 Å². The number of phenolic OH excluding ortho intramolecular Hbond substituents is 1. The highest BCUT2D eigenvalue weighted by molar-refractivity contribution is 5.86. The zero-order valence-corrected chi connectivity index (χ0v) is 9.96. The Morgan fingerprint density at radius 1 is 1.33 bits per heavy atom. The van der Waals surface area contributed by atoms with Gasteiger partial charge in [-0.1, -0.05) is 12.1 Å². The van der Waals surface area contributed by atoms with Crippen molar-refractivity contribution in [3.63, 3.8) is 0 Å². The third kappa shape index (κ3) is 4.06. The summed E-state index contributed by atoms with van der Waals surface area (Å²) in [5.41, 5.74) is 6.46. The number of carbonyl (C=O) groups excluding carboxylic acids is 1. The second-order valence-electron chi connectivity index (χ2n) is 4.05. The van der Waals surface area contributed by atoms with Gasteiger partial charge in [-0.15, -0.1) is 0 Å². The predicted molar refractivity (Wildman–Crippen MR) is 65.0 cm³/mol. The van der Waals surface area contributed by atoms with Crippen molar-refractivity contribution in [2.45, 2.75) is 25.4 Å². The van der Waals surface area contributed by atoms with Gasteiger partial charge in [-0.25, -0.2) is 0 Å². The average Bonchev–Trinajstić information content (AvgIpc) is 2.31. The van der Waals surface area contributed by atoms with Crippen LogP contribution in [0.4, 0.5) is 0 Å². The van der Waals surface area contributed by atoms with Gasteiger partial charge in [-0.3, -0.25) is 9.59 Å². The van der Waals surface area contributed by atoms with E-state index in [0.29, 0.717) is 0 Å². The van der Waals surface area contributed by atoms with Gasteiger partial charge < -0.3 is 21.3 Å². The summed E-state index contributed by atoms with van der Waals surface area (Å²) in [5.74, 6) is -1.49. The molecule has 18 heavy (non-hydrogen) atoms. The topological polar surface area (TPSA) is 113 Å². The lowest BCUT2D eigenvalue weighted by Crippen LogP contribution is -2.47. The van der Waals surface area contributed by atoms with E-state index in [2.05, 4.69) is 5.32 Å². The third-order valence-corrected chi connectivity index (χ3v) is 2.46. The minimum atomic E-state index is -1.11. The van der Waals surface area contributed by atoms with Crippen LogP contribution in [0.3, 0.4) is 0 Å². The van der Waals surface area contributed by atoms with Crippen molar-refractivity contribution in [3.05, 3.63) is 29.8 Å². The molecule has 1 aromatic rings. The summed E-state index contributed by atoms with van der Waals surface area (Å²) in [5, 5.41) is 20.1. The van der Waals surface area contributed by atoms with Crippen LogP contribution < -0.4 is 11.1 Å². The molecule has 0 radical (unpaired) electrons. The number of aromatic hydroxyl groups is 1. The average molecular weight is 252 g/mol. The lowest BCUT2D eigenvalue weighted by molar-refractivity contribution is -0.141. The highest BCUT2D eigenvalue weighted by Gasteiger charge is 2.19. The molecular formula is C12H16N2O4. The summed E-state index contributed by atoms with van der Waals surface area (Å²) in [6, 6.07) is 4.52. The maximum absolute atomic E-state index is 11.6. The van der Waals surface area contributed by atoms with Crippen molar-refractivity contribution in [1.82, 2.24) is 5.32 Å². The number of phenols is 1. The molecule has 0 aliphatic heterocycles. The molecule has 5 N–H and O–H groups in total. The molecule has 0 fully saturated rings. The fourth-order valence-electron chi connectivity index (χ4n) is 1.36. The zero-order valence-electron chi connectivity index (χ0n) is 9.96. The maximum Gasteiger partial charge on any atom is 0.325 e. The second kappa shape index (κ2) is 6.02. The quantitative estimate of drug-likeness (QED) is 0.582. The Kier molecular flexibility index (Phi) is 4.67. The van der Waals surface area contributed by atoms with E-state index in [4.69, 9.17) is 15.9 Å². The molecule has 0 heterocycles. The molecule has 1 amide bonds. The highest BCUT2D eigenvalue weighted by Crippen LogP contribution is 2.10. The Labute approximate surface area is 104 Å². The Hall–Kier alpha value is -2.08. The van der Waals surface area contributed by atoms with Crippen molar-refractivity contribution < 1.29 is 19.8 Å². The molecule has 98 valence electrons. The second-order valence-corrected chi connectivity index (χ2v) is 4.05.